The topological polar surface area (TPSA) is 143 Å². The molecule has 3 heterocycles. The molecule has 2 aromatic carbocycles. The van der Waals surface area contributed by atoms with Gasteiger partial charge in [-0.05, 0) is 54.8 Å². The van der Waals surface area contributed by atoms with E-state index in [-0.39, 0.29) is 17.0 Å². The molecule has 2 amide bonds. The predicted molar refractivity (Wildman–Crippen MR) is 176 cm³/mol. The zero-order chi connectivity index (χ0) is 31.7. The normalized spacial score (nSPS) is 13.5. The van der Waals surface area contributed by atoms with Crippen LogP contribution in [0, 0.1) is 11.3 Å². The van der Waals surface area contributed by atoms with E-state index < -0.39 is 6.03 Å². The molecule has 3 N–H and O–H groups in total. The summed E-state index contributed by atoms with van der Waals surface area (Å²) in [5.74, 6) is 0.922. The first kappa shape index (κ1) is 29.6. The first-order chi connectivity index (χ1) is 21.6. The van der Waals surface area contributed by atoms with E-state index in [1.165, 1.54) is 0 Å². The fourth-order valence-corrected chi connectivity index (χ4v) is 5.73. The maximum atomic E-state index is 14.0. The van der Waals surface area contributed by atoms with Crippen LogP contribution in [0.2, 0.25) is 0 Å². The Bertz CT molecular complexity index is 2010. The van der Waals surface area contributed by atoms with Crippen molar-refractivity contribution >= 4 is 34.5 Å². The molecule has 1 fully saturated rings. The number of benzene rings is 2. The van der Waals surface area contributed by atoms with Crippen LogP contribution in [-0.2, 0) is 5.41 Å². The Morgan fingerprint density at radius 3 is 2.53 bits per heavy atom. The van der Waals surface area contributed by atoms with Gasteiger partial charge < -0.3 is 10.6 Å². The Hall–Kier alpha value is -5.50. The van der Waals surface area contributed by atoms with Gasteiger partial charge >= 0.3 is 6.03 Å². The maximum Gasteiger partial charge on any atom is 0.324 e. The van der Waals surface area contributed by atoms with Gasteiger partial charge in [-0.3, -0.25) is 14.7 Å². The molecule has 228 valence electrons. The number of nitriles is 1. The molecule has 0 unspecified atom stereocenters. The summed E-state index contributed by atoms with van der Waals surface area (Å²) in [5.41, 5.74) is 3.87. The number of pyridine rings is 1. The minimum Gasteiger partial charge on any atom is -0.357 e. The number of amides is 2. The number of nitrogens with one attached hydrogen (secondary N) is 3. The minimum atomic E-state index is -0.472. The van der Waals surface area contributed by atoms with Crippen molar-refractivity contribution in [2.75, 3.05) is 23.0 Å². The molecule has 1 aliphatic rings. The molecule has 1 aliphatic carbocycles. The third-order valence-corrected chi connectivity index (χ3v) is 8.06. The highest BCUT2D eigenvalue weighted by atomic mass is 16.2. The van der Waals surface area contributed by atoms with Crippen LogP contribution in [0.25, 0.3) is 27.8 Å². The lowest BCUT2D eigenvalue weighted by Gasteiger charge is -2.18. The Morgan fingerprint density at radius 2 is 1.80 bits per heavy atom. The van der Waals surface area contributed by atoms with Gasteiger partial charge in [0, 0.05) is 47.4 Å². The van der Waals surface area contributed by atoms with Gasteiger partial charge in [0.1, 0.15) is 11.5 Å². The monoisotopic (exact) mass is 601 g/mol. The number of fused-ring (bicyclic) bond motifs is 1. The molecular formula is C34H35N9O2. The van der Waals surface area contributed by atoms with Crippen LogP contribution in [0.4, 0.5) is 22.2 Å². The van der Waals surface area contributed by atoms with Crippen molar-refractivity contribution in [2.45, 2.75) is 57.9 Å². The Balaban J connectivity index is 1.32. The first-order valence-corrected chi connectivity index (χ1v) is 15.0. The number of hydrogen-bond donors (Lipinski definition) is 3. The maximum absolute atomic E-state index is 14.0. The van der Waals surface area contributed by atoms with Crippen LogP contribution in [0.15, 0.2) is 71.7 Å². The van der Waals surface area contributed by atoms with Crippen molar-refractivity contribution < 1.29 is 4.79 Å². The molecule has 0 spiro atoms. The third kappa shape index (κ3) is 5.99. The number of carbonyl (C=O) groups excluding carboxylic acids is 1. The fraction of sp³-hybridized carbons (Fsp3) is 0.294. The van der Waals surface area contributed by atoms with Gasteiger partial charge in [-0.25, -0.2) is 14.5 Å². The van der Waals surface area contributed by atoms with Gasteiger partial charge in [0.15, 0.2) is 0 Å². The number of rotatable bonds is 6. The van der Waals surface area contributed by atoms with Gasteiger partial charge in [0.05, 0.1) is 23.0 Å². The molecule has 0 atom stereocenters. The Kier molecular flexibility index (Phi) is 7.81. The van der Waals surface area contributed by atoms with E-state index >= 15 is 0 Å². The number of hydrogen-bond acceptors (Lipinski definition) is 7. The second-order valence-electron chi connectivity index (χ2n) is 12.3. The van der Waals surface area contributed by atoms with Crippen molar-refractivity contribution in [3.05, 3.63) is 88.5 Å². The molecule has 0 aliphatic heterocycles. The van der Waals surface area contributed by atoms with Crippen LogP contribution in [-0.4, -0.2) is 37.4 Å². The fourth-order valence-electron chi connectivity index (χ4n) is 5.73. The number of aromatic nitrogens is 5. The van der Waals surface area contributed by atoms with E-state index in [0.29, 0.717) is 45.5 Å². The van der Waals surface area contributed by atoms with E-state index in [2.05, 4.69) is 32.0 Å². The average Bonchev–Trinajstić information content (AvgIpc) is 3.71. The van der Waals surface area contributed by atoms with Crippen molar-refractivity contribution in [1.82, 2.24) is 24.3 Å². The summed E-state index contributed by atoms with van der Waals surface area (Å²) in [5, 5.41) is 23.7. The quantitative estimate of drug-likeness (QED) is 0.199. The van der Waals surface area contributed by atoms with E-state index in [1.807, 2.05) is 55.7 Å². The summed E-state index contributed by atoms with van der Waals surface area (Å²) in [6.45, 7) is 6.12. The molecule has 3 aromatic heterocycles. The van der Waals surface area contributed by atoms with Crippen LogP contribution in [0.1, 0.15) is 63.8 Å². The summed E-state index contributed by atoms with van der Waals surface area (Å²) in [7, 11) is 1.76. The van der Waals surface area contributed by atoms with E-state index in [1.54, 1.807) is 48.3 Å². The Morgan fingerprint density at radius 1 is 1.02 bits per heavy atom. The molecular weight excluding hydrogens is 566 g/mol. The van der Waals surface area contributed by atoms with Crippen molar-refractivity contribution in [2.24, 2.45) is 0 Å². The largest absolute Gasteiger partial charge is 0.357 e. The highest BCUT2D eigenvalue weighted by molar-refractivity contribution is 6.00. The highest BCUT2D eigenvalue weighted by Crippen LogP contribution is 2.32. The molecule has 0 bridgehead atoms. The molecule has 0 radical (unpaired) electrons. The summed E-state index contributed by atoms with van der Waals surface area (Å²) in [6, 6.07) is 19.7. The minimum absolute atomic E-state index is 0.0725. The van der Waals surface area contributed by atoms with E-state index in [0.717, 1.165) is 36.8 Å². The molecule has 45 heavy (non-hydrogen) atoms. The summed E-state index contributed by atoms with van der Waals surface area (Å²) in [4.78, 5) is 36.3. The lowest BCUT2D eigenvalue weighted by Crippen LogP contribution is -2.26. The number of anilines is 3. The highest BCUT2D eigenvalue weighted by Gasteiger charge is 2.24. The van der Waals surface area contributed by atoms with E-state index in [4.69, 9.17) is 5.10 Å². The smallest absolute Gasteiger partial charge is 0.324 e. The van der Waals surface area contributed by atoms with Gasteiger partial charge in [-0.1, -0.05) is 51.8 Å². The van der Waals surface area contributed by atoms with Crippen molar-refractivity contribution in [1.29, 1.82) is 5.26 Å². The van der Waals surface area contributed by atoms with Crippen LogP contribution in [0.5, 0.6) is 0 Å². The molecule has 11 heteroatoms. The third-order valence-electron chi connectivity index (χ3n) is 8.06. The zero-order valence-electron chi connectivity index (χ0n) is 25.8. The van der Waals surface area contributed by atoms with Gasteiger partial charge in [0.25, 0.3) is 5.56 Å². The van der Waals surface area contributed by atoms with Gasteiger partial charge in [-0.2, -0.15) is 15.3 Å². The standard InChI is InChI=1S/C34H35N9O2/c1-34(2,3)28-18-29(43(41-28)26-14-7-9-21(15-26)19-35)39-33(45)38-24-11-8-10-22(16-24)27-17-23-20-37-32(36-4)40-30(23)42(31(27)44)25-12-5-6-13-25/h7-11,14-18,20,25H,5-6,12-13H2,1-4H3,(H,36,37,40)(H2,38,39,45). The number of carbonyl (C=O) groups is 1. The van der Waals surface area contributed by atoms with Crippen LogP contribution < -0.4 is 21.5 Å². The average molecular weight is 602 g/mol. The molecule has 5 aromatic rings. The SMILES string of the molecule is CNc1ncc2cc(-c3cccc(NC(=O)Nc4cc(C(C)(C)C)nn4-c4cccc(C#N)c4)c3)c(=O)n(C3CCCC3)c2n1. The van der Waals surface area contributed by atoms with Gasteiger partial charge in [-0.15, -0.1) is 0 Å². The second-order valence-corrected chi connectivity index (χ2v) is 12.3. The second kappa shape index (κ2) is 11.9. The number of nitrogens with zero attached hydrogens (tertiary/aromatic N) is 6. The number of urea groups is 1. The lowest BCUT2D eigenvalue weighted by molar-refractivity contribution is 0.262. The lowest BCUT2D eigenvalue weighted by atomic mass is 9.92. The van der Waals surface area contributed by atoms with Crippen LogP contribution >= 0.6 is 0 Å². The van der Waals surface area contributed by atoms with Crippen molar-refractivity contribution in [3.63, 3.8) is 0 Å². The summed E-state index contributed by atoms with van der Waals surface area (Å²) < 4.78 is 3.45. The molecule has 1 saturated carbocycles. The predicted octanol–water partition coefficient (Wildman–Crippen LogP) is 6.61. The van der Waals surface area contributed by atoms with Gasteiger partial charge in [0.2, 0.25) is 5.95 Å². The summed E-state index contributed by atoms with van der Waals surface area (Å²) in [6.07, 6.45) is 5.72. The Labute approximate surface area is 260 Å². The summed E-state index contributed by atoms with van der Waals surface area (Å²) >= 11 is 0. The first-order valence-electron chi connectivity index (χ1n) is 15.0. The molecule has 6 rings (SSSR count). The molecule has 0 saturated heterocycles. The van der Waals surface area contributed by atoms with Crippen molar-refractivity contribution in [3.8, 4) is 22.9 Å². The molecule has 11 nitrogen and oxygen atoms in total. The zero-order valence-corrected chi connectivity index (χ0v) is 25.8. The van der Waals surface area contributed by atoms with E-state index in [9.17, 15) is 14.9 Å². The van der Waals surface area contributed by atoms with Crippen LogP contribution in [0.3, 0.4) is 0 Å².